The molecule has 3 aromatic rings. The molecule has 2 heterocycles. The van der Waals surface area contributed by atoms with Crippen LogP contribution in [0.15, 0.2) is 72.3 Å². The molecule has 1 N–H and O–H groups in total. The van der Waals surface area contributed by atoms with E-state index in [1.165, 1.54) is 29.2 Å². The van der Waals surface area contributed by atoms with Crippen molar-refractivity contribution < 1.29 is 28.6 Å². The Kier molecular flexibility index (Phi) is 4.66. The summed E-state index contributed by atoms with van der Waals surface area (Å²) in [5, 5.41) is 11.2. The number of ketones is 1. The Morgan fingerprint density at radius 2 is 1.75 bits per heavy atom. The Bertz CT molecular complexity index is 1280. The smallest absolute Gasteiger partial charge is 0.300 e. The first-order chi connectivity index (χ1) is 15.4. The lowest BCUT2D eigenvalue weighted by Crippen LogP contribution is -2.29. The van der Waals surface area contributed by atoms with E-state index in [-0.39, 0.29) is 18.1 Å². The number of nitrogens with zero attached hydrogens (tertiary/aromatic N) is 1. The topological polar surface area (TPSA) is 76.1 Å². The molecule has 2 aliphatic rings. The number of halogens is 1. The van der Waals surface area contributed by atoms with Gasteiger partial charge in [0, 0.05) is 11.3 Å². The highest BCUT2D eigenvalue weighted by atomic mass is 19.1. The molecule has 1 atom stereocenters. The lowest BCUT2D eigenvalue weighted by Gasteiger charge is -2.25. The van der Waals surface area contributed by atoms with Crippen molar-refractivity contribution in [3.8, 4) is 11.5 Å². The molecule has 32 heavy (non-hydrogen) atoms. The Labute approximate surface area is 183 Å². The minimum Gasteiger partial charge on any atom is -0.507 e. The molecule has 1 fully saturated rings. The van der Waals surface area contributed by atoms with Crippen LogP contribution in [0.25, 0.3) is 5.76 Å². The van der Waals surface area contributed by atoms with Gasteiger partial charge in [0.25, 0.3) is 11.7 Å². The van der Waals surface area contributed by atoms with Gasteiger partial charge in [-0.15, -0.1) is 0 Å². The molecule has 0 spiro atoms. The maximum atomic E-state index is 13.6. The van der Waals surface area contributed by atoms with Gasteiger partial charge in [-0.05, 0) is 60.5 Å². The molecule has 3 aromatic carbocycles. The van der Waals surface area contributed by atoms with E-state index >= 15 is 0 Å². The summed E-state index contributed by atoms with van der Waals surface area (Å²) in [6.45, 7) is 1.94. The number of amides is 1. The van der Waals surface area contributed by atoms with E-state index in [1.54, 1.807) is 36.4 Å². The van der Waals surface area contributed by atoms with Crippen LogP contribution in [-0.4, -0.2) is 23.6 Å². The van der Waals surface area contributed by atoms with Gasteiger partial charge >= 0.3 is 0 Å². The number of anilines is 1. The van der Waals surface area contributed by atoms with E-state index in [2.05, 4.69) is 0 Å². The molecule has 0 aromatic heterocycles. The van der Waals surface area contributed by atoms with Crippen molar-refractivity contribution >= 4 is 23.1 Å². The summed E-state index contributed by atoms with van der Waals surface area (Å²) >= 11 is 0. The average molecular weight is 431 g/mol. The van der Waals surface area contributed by atoms with Gasteiger partial charge in [-0.1, -0.05) is 24.3 Å². The Hall–Kier alpha value is -4.13. The first kappa shape index (κ1) is 19.8. The highest BCUT2D eigenvalue weighted by Gasteiger charge is 2.47. The summed E-state index contributed by atoms with van der Waals surface area (Å²) in [5.41, 5.74) is 2.13. The fourth-order valence-electron chi connectivity index (χ4n) is 4.04. The Morgan fingerprint density at radius 3 is 2.50 bits per heavy atom. The van der Waals surface area contributed by atoms with Gasteiger partial charge in [0.05, 0.1) is 11.6 Å². The van der Waals surface area contributed by atoms with E-state index in [0.29, 0.717) is 28.3 Å². The summed E-state index contributed by atoms with van der Waals surface area (Å²) in [4.78, 5) is 27.6. The van der Waals surface area contributed by atoms with Crippen molar-refractivity contribution in [2.75, 3.05) is 11.7 Å². The molecule has 7 heteroatoms. The molecule has 1 unspecified atom stereocenters. The first-order valence-corrected chi connectivity index (χ1v) is 9.97. The van der Waals surface area contributed by atoms with E-state index < -0.39 is 23.5 Å². The normalized spacial score (nSPS) is 18.9. The molecule has 6 nitrogen and oxygen atoms in total. The molecule has 160 valence electrons. The molecule has 2 aliphatic heterocycles. The van der Waals surface area contributed by atoms with Crippen LogP contribution in [0.4, 0.5) is 10.1 Å². The van der Waals surface area contributed by atoms with Crippen LogP contribution < -0.4 is 14.4 Å². The maximum Gasteiger partial charge on any atom is 0.300 e. The number of carbonyl (C=O) groups excluding carboxylic acids is 2. The van der Waals surface area contributed by atoms with Gasteiger partial charge in [0.1, 0.15) is 11.6 Å². The Balaban J connectivity index is 1.71. The summed E-state index contributed by atoms with van der Waals surface area (Å²) in [6.07, 6.45) is 0. The van der Waals surface area contributed by atoms with Crippen LogP contribution in [0, 0.1) is 12.7 Å². The molecule has 1 amide bonds. The minimum atomic E-state index is -0.928. The molecule has 1 saturated heterocycles. The highest BCUT2D eigenvalue weighted by Crippen LogP contribution is 2.43. The molecular formula is C25H18FNO5. The van der Waals surface area contributed by atoms with Crippen LogP contribution in [0.5, 0.6) is 11.5 Å². The van der Waals surface area contributed by atoms with Crippen LogP contribution in [0.3, 0.4) is 0 Å². The van der Waals surface area contributed by atoms with Crippen LogP contribution in [0.1, 0.15) is 22.7 Å². The lowest BCUT2D eigenvalue weighted by atomic mass is 9.95. The van der Waals surface area contributed by atoms with E-state index in [4.69, 9.17) is 9.47 Å². The van der Waals surface area contributed by atoms with Crippen molar-refractivity contribution in [3.05, 3.63) is 94.8 Å². The summed E-state index contributed by atoms with van der Waals surface area (Å²) < 4.78 is 24.3. The number of aliphatic hydroxyl groups is 1. The molecule has 0 saturated carbocycles. The number of fused-ring (bicyclic) bond motifs is 1. The van der Waals surface area contributed by atoms with Gasteiger partial charge in [0.15, 0.2) is 11.5 Å². The Morgan fingerprint density at radius 1 is 1.00 bits per heavy atom. The highest BCUT2D eigenvalue weighted by molar-refractivity contribution is 6.51. The molecule has 0 bridgehead atoms. The fraction of sp³-hybridized carbons (Fsp3) is 0.120. The zero-order valence-corrected chi connectivity index (χ0v) is 17.0. The third kappa shape index (κ3) is 3.19. The number of aliphatic hydroxyl groups excluding tert-OH is 1. The van der Waals surface area contributed by atoms with Crippen molar-refractivity contribution in [1.29, 1.82) is 0 Å². The number of benzene rings is 3. The van der Waals surface area contributed by atoms with Crippen molar-refractivity contribution in [2.45, 2.75) is 13.0 Å². The summed E-state index contributed by atoms with van der Waals surface area (Å²) in [5.74, 6) is -1.43. The van der Waals surface area contributed by atoms with Crippen LogP contribution in [0.2, 0.25) is 0 Å². The van der Waals surface area contributed by atoms with E-state index in [1.807, 2.05) is 13.0 Å². The molecule has 0 radical (unpaired) electrons. The lowest BCUT2D eigenvalue weighted by molar-refractivity contribution is -0.132. The first-order valence-electron chi connectivity index (χ1n) is 9.97. The largest absolute Gasteiger partial charge is 0.507 e. The number of Topliss-reactive ketones (excluding diaryl/α,β-unsaturated/α-hetero) is 1. The van der Waals surface area contributed by atoms with Gasteiger partial charge in [-0.2, -0.15) is 0 Å². The SMILES string of the molecule is Cc1cccc(N2C(=O)C(=O)/C(=C(\O)c3ccc4c(c3)OCO4)C2c2ccc(F)cc2)c1. The van der Waals surface area contributed by atoms with E-state index in [0.717, 1.165) is 5.56 Å². The van der Waals surface area contributed by atoms with Gasteiger partial charge < -0.3 is 14.6 Å². The second kappa shape index (κ2) is 7.53. The standard InChI is InChI=1S/C25H18FNO5/c1-14-3-2-4-18(11-14)27-22(15-5-8-17(26)9-6-15)21(24(29)25(27)30)23(28)16-7-10-19-20(12-16)32-13-31-19/h2-12,22,28H,13H2,1H3/b23-21-. The number of ether oxygens (including phenoxy) is 2. The third-order valence-electron chi connectivity index (χ3n) is 5.56. The number of hydrogen-bond donors (Lipinski definition) is 1. The number of aryl methyl sites for hydroxylation is 1. The zero-order chi connectivity index (χ0) is 22.4. The monoisotopic (exact) mass is 431 g/mol. The second-order valence-electron chi connectivity index (χ2n) is 7.63. The van der Waals surface area contributed by atoms with Crippen LogP contribution >= 0.6 is 0 Å². The fourth-order valence-corrected chi connectivity index (χ4v) is 4.04. The van der Waals surface area contributed by atoms with Crippen molar-refractivity contribution in [3.63, 3.8) is 0 Å². The molecule has 5 rings (SSSR count). The van der Waals surface area contributed by atoms with Gasteiger partial charge in [-0.25, -0.2) is 4.39 Å². The molecule has 0 aliphatic carbocycles. The maximum absolute atomic E-state index is 13.6. The van der Waals surface area contributed by atoms with Crippen LogP contribution in [-0.2, 0) is 9.59 Å². The minimum absolute atomic E-state index is 0.0624. The van der Waals surface area contributed by atoms with E-state index in [9.17, 15) is 19.1 Å². The second-order valence-corrected chi connectivity index (χ2v) is 7.63. The number of rotatable bonds is 3. The quantitative estimate of drug-likeness (QED) is 0.376. The van der Waals surface area contributed by atoms with Gasteiger partial charge in [-0.3, -0.25) is 14.5 Å². The number of hydrogen-bond acceptors (Lipinski definition) is 5. The van der Waals surface area contributed by atoms with Crippen molar-refractivity contribution in [2.24, 2.45) is 0 Å². The predicted molar refractivity (Wildman–Crippen MR) is 115 cm³/mol. The summed E-state index contributed by atoms with van der Waals surface area (Å²) in [7, 11) is 0. The molecular weight excluding hydrogens is 413 g/mol. The average Bonchev–Trinajstić information content (AvgIpc) is 3.36. The zero-order valence-electron chi connectivity index (χ0n) is 17.0. The van der Waals surface area contributed by atoms with Crippen molar-refractivity contribution in [1.82, 2.24) is 0 Å². The third-order valence-corrected chi connectivity index (χ3v) is 5.56. The predicted octanol–water partition coefficient (Wildman–Crippen LogP) is 4.49. The van der Waals surface area contributed by atoms with Gasteiger partial charge in [0.2, 0.25) is 6.79 Å². The summed E-state index contributed by atoms with van der Waals surface area (Å²) in [6, 6.07) is 16.5. The number of carbonyl (C=O) groups is 2.